The maximum Gasteiger partial charge on any atom is 0.234 e. The van der Waals surface area contributed by atoms with Crippen LogP contribution in [0.15, 0.2) is 35.5 Å². The lowest BCUT2D eigenvalue weighted by Crippen LogP contribution is -2.14. The van der Waals surface area contributed by atoms with Gasteiger partial charge in [-0.05, 0) is 18.2 Å². The highest BCUT2D eigenvalue weighted by atomic mass is 35.5. The third-order valence-electron chi connectivity index (χ3n) is 3.05. The number of benzene rings is 2. The zero-order chi connectivity index (χ0) is 17.3. The number of amides is 1. The fourth-order valence-corrected chi connectivity index (χ4v) is 2.86. The van der Waals surface area contributed by atoms with Crippen LogP contribution in [0, 0.1) is 17.5 Å². The second kappa shape index (κ2) is 6.74. The van der Waals surface area contributed by atoms with E-state index in [9.17, 15) is 18.0 Å². The van der Waals surface area contributed by atoms with Gasteiger partial charge in [-0.2, -0.15) is 0 Å². The molecule has 0 bridgehead atoms. The van der Waals surface area contributed by atoms with Crippen molar-refractivity contribution in [3.8, 4) is 0 Å². The minimum absolute atomic E-state index is 0.0154. The molecule has 0 radical (unpaired) electrons. The molecule has 24 heavy (non-hydrogen) atoms. The Labute approximate surface area is 143 Å². The van der Waals surface area contributed by atoms with Gasteiger partial charge >= 0.3 is 0 Å². The Balaban J connectivity index is 1.65. The molecule has 1 aromatic heterocycles. The molecule has 3 aromatic rings. The van der Waals surface area contributed by atoms with Gasteiger partial charge in [-0.1, -0.05) is 23.4 Å². The summed E-state index contributed by atoms with van der Waals surface area (Å²) < 4.78 is 39.2. The number of aromatic nitrogens is 2. The molecule has 0 aliphatic rings. The third kappa shape index (κ3) is 3.65. The molecule has 0 fully saturated rings. The molecule has 0 aliphatic carbocycles. The molecular weight excluding hydrogens is 363 g/mol. The van der Waals surface area contributed by atoms with Crippen LogP contribution in [-0.2, 0) is 4.79 Å². The standard InChI is InChI=1S/C15H9ClF3N3OS/c16-8-3-7(17)1-2-11(8)20-14(23)6-24-15-21-12-4-9(18)10(19)5-13(12)22-15/h1-5H,6H2,(H,20,23)(H,21,22). The van der Waals surface area contributed by atoms with Crippen molar-refractivity contribution in [3.63, 3.8) is 0 Å². The smallest absolute Gasteiger partial charge is 0.234 e. The second-order valence-electron chi connectivity index (χ2n) is 4.79. The van der Waals surface area contributed by atoms with Gasteiger partial charge in [0.1, 0.15) is 5.82 Å². The molecule has 2 aromatic carbocycles. The van der Waals surface area contributed by atoms with E-state index in [0.717, 1.165) is 30.0 Å². The summed E-state index contributed by atoms with van der Waals surface area (Å²) in [5.41, 5.74) is 0.884. The van der Waals surface area contributed by atoms with Gasteiger partial charge in [-0.25, -0.2) is 18.2 Å². The van der Waals surface area contributed by atoms with Crippen LogP contribution in [-0.4, -0.2) is 21.6 Å². The number of carbonyl (C=O) groups excluding carboxylic acids is 1. The number of fused-ring (bicyclic) bond motifs is 1. The van der Waals surface area contributed by atoms with Crippen LogP contribution < -0.4 is 5.32 Å². The van der Waals surface area contributed by atoms with E-state index in [1.54, 1.807) is 0 Å². The monoisotopic (exact) mass is 371 g/mol. The van der Waals surface area contributed by atoms with Crippen LogP contribution in [0.2, 0.25) is 5.02 Å². The normalized spacial score (nSPS) is 11.0. The van der Waals surface area contributed by atoms with Gasteiger partial charge in [-0.3, -0.25) is 4.79 Å². The number of anilines is 1. The number of halogens is 4. The Morgan fingerprint density at radius 1 is 1.21 bits per heavy atom. The number of nitrogens with zero attached hydrogens (tertiary/aromatic N) is 1. The molecular formula is C15H9ClF3N3OS. The van der Waals surface area contributed by atoms with Crippen LogP contribution in [0.1, 0.15) is 0 Å². The molecule has 9 heteroatoms. The molecule has 0 spiro atoms. The van der Waals surface area contributed by atoms with E-state index in [2.05, 4.69) is 15.3 Å². The van der Waals surface area contributed by atoms with Crippen molar-refractivity contribution in [2.45, 2.75) is 5.16 Å². The molecule has 2 N–H and O–H groups in total. The van der Waals surface area contributed by atoms with Gasteiger partial charge in [0.2, 0.25) is 5.91 Å². The highest BCUT2D eigenvalue weighted by Crippen LogP contribution is 2.24. The van der Waals surface area contributed by atoms with Crippen molar-refractivity contribution < 1.29 is 18.0 Å². The van der Waals surface area contributed by atoms with Gasteiger partial charge < -0.3 is 10.3 Å². The Kier molecular flexibility index (Phi) is 4.68. The predicted molar refractivity (Wildman–Crippen MR) is 86.8 cm³/mol. The first-order chi connectivity index (χ1) is 11.4. The van der Waals surface area contributed by atoms with Gasteiger partial charge in [0.25, 0.3) is 0 Å². The summed E-state index contributed by atoms with van der Waals surface area (Å²) in [6.07, 6.45) is 0. The van der Waals surface area contributed by atoms with Crippen molar-refractivity contribution in [1.82, 2.24) is 9.97 Å². The summed E-state index contributed by atoms with van der Waals surface area (Å²) in [5.74, 6) is -2.88. The summed E-state index contributed by atoms with van der Waals surface area (Å²) in [7, 11) is 0. The van der Waals surface area contributed by atoms with Gasteiger partial charge in [-0.15, -0.1) is 0 Å². The fourth-order valence-electron chi connectivity index (χ4n) is 1.96. The molecule has 124 valence electrons. The summed E-state index contributed by atoms with van der Waals surface area (Å²) in [5, 5.41) is 2.97. The molecule has 1 amide bonds. The van der Waals surface area contributed by atoms with Crippen molar-refractivity contribution in [1.29, 1.82) is 0 Å². The van der Waals surface area contributed by atoms with Crippen LogP contribution in [0.3, 0.4) is 0 Å². The Morgan fingerprint density at radius 3 is 2.71 bits per heavy atom. The maximum absolute atomic E-state index is 13.1. The van der Waals surface area contributed by atoms with E-state index >= 15 is 0 Å². The van der Waals surface area contributed by atoms with Crippen LogP contribution in [0.25, 0.3) is 11.0 Å². The third-order valence-corrected chi connectivity index (χ3v) is 4.23. The number of carbonyl (C=O) groups is 1. The maximum atomic E-state index is 13.1. The highest BCUT2D eigenvalue weighted by Gasteiger charge is 2.11. The SMILES string of the molecule is O=C(CSc1nc2cc(F)c(F)cc2[nH]1)Nc1ccc(F)cc1Cl. The Morgan fingerprint density at radius 2 is 1.96 bits per heavy atom. The van der Waals surface area contributed by atoms with Crippen molar-refractivity contribution >= 4 is 46.0 Å². The number of imidazole rings is 1. The largest absolute Gasteiger partial charge is 0.333 e. The second-order valence-corrected chi connectivity index (χ2v) is 6.16. The Bertz CT molecular complexity index is 893. The van der Waals surface area contributed by atoms with Crippen LogP contribution >= 0.6 is 23.4 Å². The lowest BCUT2D eigenvalue weighted by Gasteiger charge is -2.06. The fraction of sp³-hybridized carbons (Fsp3) is 0.0667. The number of hydrogen-bond donors (Lipinski definition) is 2. The van der Waals surface area contributed by atoms with Gasteiger partial charge in [0.05, 0.1) is 27.5 Å². The average Bonchev–Trinajstić information content (AvgIpc) is 2.90. The number of H-pyrrole nitrogens is 1. The van der Waals surface area contributed by atoms with E-state index in [0.29, 0.717) is 10.7 Å². The molecule has 0 aliphatic heterocycles. The van der Waals surface area contributed by atoms with Crippen molar-refractivity contribution in [2.24, 2.45) is 0 Å². The topological polar surface area (TPSA) is 57.8 Å². The molecule has 4 nitrogen and oxygen atoms in total. The lowest BCUT2D eigenvalue weighted by atomic mass is 10.3. The summed E-state index contributed by atoms with van der Waals surface area (Å²) in [4.78, 5) is 18.8. The van der Waals surface area contributed by atoms with E-state index in [1.165, 1.54) is 12.1 Å². The lowest BCUT2D eigenvalue weighted by molar-refractivity contribution is -0.113. The summed E-state index contributed by atoms with van der Waals surface area (Å²) in [6, 6.07) is 5.60. The average molecular weight is 372 g/mol. The molecule has 3 rings (SSSR count). The van der Waals surface area contributed by atoms with Crippen LogP contribution in [0.4, 0.5) is 18.9 Å². The van der Waals surface area contributed by atoms with Crippen molar-refractivity contribution in [3.05, 3.63) is 52.8 Å². The minimum Gasteiger partial charge on any atom is -0.333 e. The van der Waals surface area contributed by atoms with Crippen molar-refractivity contribution in [2.75, 3.05) is 11.1 Å². The van der Waals surface area contributed by atoms with Crippen LogP contribution in [0.5, 0.6) is 0 Å². The Hall–Kier alpha value is -2.19. The first kappa shape index (κ1) is 16.7. The molecule has 0 unspecified atom stereocenters. The number of thioether (sulfide) groups is 1. The van der Waals surface area contributed by atoms with E-state index in [-0.39, 0.29) is 27.9 Å². The predicted octanol–water partition coefficient (Wildman–Crippen LogP) is 4.36. The summed E-state index contributed by atoms with van der Waals surface area (Å²) in [6.45, 7) is 0. The number of hydrogen-bond acceptors (Lipinski definition) is 3. The molecule has 1 heterocycles. The highest BCUT2D eigenvalue weighted by molar-refractivity contribution is 7.99. The minimum atomic E-state index is -0.991. The first-order valence-electron chi connectivity index (χ1n) is 6.65. The number of aromatic amines is 1. The molecule has 0 saturated heterocycles. The number of nitrogens with one attached hydrogen (secondary N) is 2. The van der Waals surface area contributed by atoms with Gasteiger partial charge in [0, 0.05) is 12.1 Å². The summed E-state index contributed by atoms with van der Waals surface area (Å²) >= 11 is 6.88. The zero-order valence-corrected chi connectivity index (χ0v) is 13.4. The van der Waals surface area contributed by atoms with Gasteiger partial charge in [0.15, 0.2) is 16.8 Å². The molecule has 0 saturated carbocycles. The zero-order valence-electron chi connectivity index (χ0n) is 11.9. The first-order valence-corrected chi connectivity index (χ1v) is 8.01. The molecule has 0 atom stereocenters. The number of rotatable bonds is 4. The quantitative estimate of drug-likeness (QED) is 0.670. The van der Waals surface area contributed by atoms with E-state index in [1.807, 2.05) is 0 Å². The van der Waals surface area contributed by atoms with E-state index in [4.69, 9.17) is 11.6 Å². The van der Waals surface area contributed by atoms with E-state index < -0.39 is 17.5 Å².